The maximum Gasteiger partial charge on any atom is 0.221 e. The number of nitrogens with zero attached hydrogens (tertiary/aromatic N) is 1. The van der Waals surface area contributed by atoms with E-state index in [1.807, 2.05) is 0 Å². The van der Waals surface area contributed by atoms with Crippen LogP contribution in [0.2, 0.25) is 0 Å². The van der Waals surface area contributed by atoms with Crippen LogP contribution in [0, 0.1) is 5.92 Å². The first-order valence-corrected chi connectivity index (χ1v) is 7.93. The predicted molar refractivity (Wildman–Crippen MR) is 73.7 cm³/mol. The van der Waals surface area contributed by atoms with Crippen molar-refractivity contribution in [3.05, 3.63) is 0 Å². The summed E-state index contributed by atoms with van der Waals surface area (Å²) in [7, 11) is 0. The number of hydrogen-bond donors (Lipinski definition) is 2. The van der Waals surface area contributed by atoms with Crippen LogP contribution in [0.5, 0.6) is 0 Å². The van der Waals surface area contributed by atoms with Gasteiger partial charge in [-0.05, 0) is 25.2 Å². The van der Waals surface area contributed by atoms with Gasteiger partial charge in [0.05, 0.1) is 6.10 Å². The molecule has 0 radical (unpaired) electrons. The van der Waals surface area contributed by atoms with E-state index in [1.165, 1.54) is 32.1 Å². The Balaban J connectivity index is 1.54. The largest absolute Gasteiger partial charge is 0.392 e. The second kappa shape index (κ2) is 5.80. The molecule has 1 saturated carbocycles. The first-order chi connectivity index (χ1) is 9.22. The summed E-state index contributed by atoms with van der Waals surface area (Å²) in [6, 6.07) is 0.820. The SMILES string of the molecule is O=C1CC2CCC(CN1)N2CC(O)CC1CCCC1. The lowest BCUT2D eigenvalue weighted by Gasteiger charge is -2.30. The minimum absolute atomic E-state index is 0.183. The summed E-state index contributed by atoms with van der Waals surface area (Å²) in [5, 5.41) is 13.3. The van der Waals surface area contributed by atoms with Gasteiger partial charge in [0, 0.05) is 31.6 Å². The fourth-order valence-corrected chi connectivity index (χ4v) is 4.22. The van der Waals surface area contributed by atoms with Gasteiger partial charge in [0.2, 0.25) is 5.91 Å². The first-order valence-electron chi connectivity index (χ1n) is 7.93. The number of amides is 1. The first kappa shape index (κ1) is 13.4. The quantitative estimate of drug-likeness (QED) is 0.806. The fraction of sp³-hybridized carbons (Fsp3) is 0.933. The molecule has 4 nitrogen and oxygen atoms in total. The highest BCUT2D eigenvalue weighted by atomic mass is 16.3. The summed E-state index contributed by atoms with van der Waals surface area (Å²) in [6.45, 7) is 1.53. The van der Waals surface area contributed by atoms with Crippen molar-refractivity contribution < 1.29 is 9.90 Å². The van der Waals surface area contributed by atoms with E-state index in [2.05, 4.69) is 10.2 Å². The predicted octanol–water partition coefficient (Wildman–Crippen LogP) is 1.28. The molecule has 2 bridgehead atoms. The van der Waals surface area contributed by atoms with E-state index in [0.29, 0.717) is 18.5 Å². The van der Waals surface area contributed by atoms with Crippen LogP contribution < -0.4 is 5.32 Å². The summed E-state index contributed by atoms with van der Waals surface area (Å²) in [5.74, 6) is 0.918. The highest BCUT2D eigenvalue weighted by Gasteiger charge is 2.38. The molecule has 3 fully saturated rings. The fourth-order valence-electron chi connectivity index (χ4n) is 4.22. The molecule has 2 heterocycles. The molecule has 3 aliphatic rings. The molecule has 0 aromatic heterocycles. The summed E-state index contributed by atoms with van der Waals surface area (Å²) in [5.41, 5.74) is 0. The molecular formula is C15H26N2O2. The minimum atomic E-state index is -0.209. The van der Waals surface area contributed by atoms with Crippen LogP contribution in [-0.2, 0) is 4.79 Å². The van der Waals surface area contributed by atoms with Crippen LogP contribution in [-0.4, -0.2) is 47.2 Å². The van der Waals surface area contributed by atoms with Gasteiger partial charge in [0.15, 0.2) is 0 Å². The summed E-state index contributed by atoms with van der Waals surface area (Å²) in [6.07, 6.45) is 8.92. The molecular weight excluding hydrogens is 240 g/mol. The molecule has 1 amide bonds. The molecule has 0 aromatic carbocycles. The number of carbonyl (C=O) groups is 1. The van der Waals surface area contributed by atoms with E-state index >= 15 is 0 Å². The van der Waals surface area contributed by atoms with Crippen LogP contribution in [0.1, 0.15) is 51.4 Å². The summed E-state index contributed by atoms with van der Waals surface area (Å²) < 4.78 is 0. The lowest BCUT2D eigenvalue weighted by atomic mass is 9.99. The summed E-state index contributed by atoms with van der Waals surface area (Å²) >= 11 is 0. The van der Waals surface area contributed by atoms with Gasteiger partial charge < -0.3 is 10.4 Å². The van der Waals surface area contributed by atoms with Crippen molar-refractivity contribution in [3.63, 3.8) is 0 Å². The minimum Gasteiger partial charge on any atom is -0.392 e. The molecule has 0 aromatic rings. The number of nitrogens with one attached hydrogen (secondary N) is 1. The second-order valence-electron chi connectivity index (χ2n) is 6.63. The van der Waals surface area contributed by atoms with E-state index in [4.69, 9.17) is 0 Å². The zero-order chi connectivity index (χ0) is 13.2. The van der Waals surface area contributed by atoms with Crippen LogP contribution in [0.15, 0.2) is 0 Å². The van der Waals surface area contributed by atoms with E-state index < -0.39 is 0 Å². The topological polar surface area (TPSA) is 52.6 Å². The zero-order valence-electron chi connectivity index (χ0n) is 11.7. The molecule has 3 unspecified atom stereocenters. The van der Waals surface area contributed by atoms with Crippen LogP contribution >= 0.6 is 0 Å². The van der Waals surface area contributed by atoms with E-state index in [0.717, 1.165) is 31.8 Å². The zero-order valence-corrected chi connectivity index (χ0v) is 11.7. The Morgan fingerprint density at radius 3 is 2.74 bits per heavy atom. The molecule has 4 heteroatoms. The standard InChI is InChI=1S/C15H26N2O2/c18-14(7-11-3-1-2-4-11)10-17-12-5-6-13(17)9-16-15(19)8-12/h11-14,18H,1-10H2,(H,16,19). The Labute approximate surface area is 115 Å². The lowest BCUT2D eigenvalue weighted by Crippen LogP contribution is -2.43. The molecule has 19 heavy (non-hydrogen) atoms. The summed E-state index contributed by atoms with van der Waals surface area (Å²) in [4.78, 5) is 14.0. The molecule has 3 atom stereocenters. The third kappa shape index (κ3) is 3.11. The Morgan fingerprint density at radius 1 is 1.21 bits per heavy atom. The van der Waals surface area contributed by atoms with Gasteiger partial charge in [-0.2, -0.15) is 0 Å². The number of fused-ring (bicyclic) bond motifs is 2. The maximum absolute atomic E-state index is 11.6. The second-order valence-corrected chi connectivity index (χ2v) is 6.63. The number of aliphatic hydroxyl groups is 1. The van der Waals surface area contributed by atoms with Gasteiger partial charge in [-0.1, -0.05) is 25.7 Å². The van der Waals surface area contributed by atoms with Crippen molar-refractivity contribution in [1.29, 1.82) is 0 Å². The smallest absolute Gasteiger partial charge is 0.221 e. The Morgan fingerprint density at radius 2 is 1.95 bits per heavy atom. The van der Waals surface area contributed by atoms with Gasteiger partial charge in [-0.15, -0.1) is 0 Å². The van der Waals surface area contributed by atoms with Crippen LogP contribution in [0.25, 0.3) is 0 Å². The Kier molecular flexibility index (Phi) is 4.08. The van der Waals surface area contributed by atoms with Gasteiger partial charge in [-0.25, -0.2) is 0 Å². The van der Waals surface area contributed by atoms with Gasteiger partial charge >= 0.3 is 0 Å². The molecule has 108 valence electrons. The van der Waals surface area contributed by atoms with E-state index in [1.54, 1.807) is 0 Å². The van der Waals surface area contributed by atoms with Crippen molar-refractivity contribution in [3.8, 4) is 0 Å². The van der Waals surface area contributed by atoms with Crippen molar-refractivity contribution in [2.75, 3.05) is 13.1 Å². The van der Waals surface area contributed by atoms with Crippen molar-refractivity contribution in [2.24, 2.45) is 5.92 Å². The number of aliphatic hydroxyl groups excluding tert-OH is 1. The highest BCUT2D eigenvalue weighted by molar-refractivity contribution is 5.77. The molecule has 2 aliphatic heterocycles. The number of carbonyl (C=O) groups excluding carboxylic acids is 1. The molecule has 3 rings (SSSR count). The molecule has 2 N–H and O–H groups in total. The van der Waals surface area contributed by atoms with E-state index in [9.17, 15) is 9.90 Å². The number of rotatable bonds is 4. The van der Waals surface area contributed by atoms with Gasteiger partial charge in [0.1, 0.15) is 0 Å². The van der Waals surface area contributed by atoms with E-state index in [-0.39, 0.29) is 12.0 Å². The third-order valence-corrected chi connectivity index (χ3v) is 5.23. The average molecular weight is 266 g/mol. The van der Waals surface area contributed by atoms with Crippen LogP contribution in [0.4, 0.5) is 0 Å². The number of hydrogen-bond acceptors (Lipinski definition) is 3. The van der Waals surface area contributed by atoms with Crippen LogP contribution in [0.3, 0.4) is 0 Å². The van der Waals surface area contributed by atoms with Gasteiger partial charge in [-0.3, -0.25) is 9.69 Å². The van der Waals surface area contributed by atoms with Crippen molar-refractivity contribution >= 4 is 5.91 Å². The van der Waals surface area contributed by atoms with Gasteiger partial charge in [0.25, 0.3) is 0 Å². The normalized spacial score (nSPS) is 34.3. The Bertz CT molecular complexity index is 328. The third-order valence-electron chi connectivity index (χ3n) is 5.23. The average Bonchev–Trinajstić information content (AvgIpc) is 2.94. The van der Waals surface area contributed by atoms with Crippen molar-refractivity contribution in [2.45, 2.75) is 69.6 Å². The highest BCUT2D eigenvalue weighted by Crippen LogP contribution is 2.31. The van der Waals surface area contributed by atoms with Crippen molar-refractivity contribution in [1.82, 2.24) is 10.2 Å². The lowest BCUT2D eigenvalue weighted by molar-refractivity contribution is -0.121. The maximum atomic E-state index is 11.6. The Hall–Kier alpha value is -0.610. The molecule has 0 spiro atoms. The monoisotopic (exact) mass is 266 g/mol. The molecule has 2 saturated heterocycles. The molecule has 1 aliphatic carbocycles.